The predicted molar refractivity (Wildman–Crippen MR) is 126 cm³/mol. The SMILES string of the molecule is CC(=O)N(C)Cc1cc2c(nc1C=O)N(C(=O)Nc1cc(NCCOC(F)(F)F)c(C#N)cn1)CCC2. The maximum atomic E-state index is 13.1. The molecule has 37 heavy (non-hydrogen) atoms. The monoisotopic (exact) mass is 519 g/mol. The Morgan fingerprint density at radius 3 is 2.76 bits per heavy atom. The summed E-state index contributed by atoms with van der Waals surface area (Å²) < 4.78 is 40.2. The lowest BCUT2D eigenvalue weighted by Gasteiger charge is -2.29. The number of pyridine rings is 2. The van der Waals surface area contributed by atoms with Crippen LogP contribution in [0.1, 0.15) is 40.5 Å². The van der Waals surface area contributed by atoms with Crippen LogP contribution in [-0.4, -0.2) is 66.2 Å². The van der Waals surface area contributed by atoms with Gasteiger partial charge in [-0.05, 0) is 24.5 Å². The lowest BCUT2D eigenvalue weighted by molar-refractivity contribution is -0.322. The summed E-state index contributed by atoms with van der Waals surface area (Å²) in [5, 5.41) is 14.5. The second-order valence-electron chi connectivity index (χ2n) is 8.14. The smallest absolute Gasteiger partial charge is 0.381 e. The summed E-state index contributed by atoms with van der Waals surface area (Å²) in [6.07, 6.45) is -1.80. The fraction of sp³-hybridized carbons (Fsp3) is 0.391. The number of aromatic nitrogens is 2. The van der Waals surface area contributed by atoms with Crippen LogP contribution in [0.15, 0.2) is 18.3 Å². The molecule has 1 aliphatic heterocycles. The number of nitrogens with one attached hydrogen (secondary N) is 2. The molecule has 1 aliphatic rings. The number of alkyl halides is 3. The van der Waals surface area contributed by atoms with E-state index in [4.69, 9.17) is 0 Å². The van der Waals surface area contributed by atoms with E-state index in [2.05, 4.69) is 25.3 Å². The van der Waals surface area contributed by atoms with Crippen molar-refractivity contribution in [3.8, 4) is 6.07 Å². The van der Waals surface area contributed by atoms with Crippen molar-refractivity contribution >= 4 is 35.5 Å². The zero-order chi connectivity index (χ0) is 27.2. The molecule has 0 aromatic carbocycles. The van der Waals surface area contributed by atoms with E-state index in [0.717, 1.165) is 5.56 Å². The van der Waals surface area contributed by atoms with Crippen LogP contribution in [0.5, 0.6) is 0 Å². The number of fused-ring (bicyclic) bond motifs is 1. The van der Waals surface area contributed by atoms with Crippen LogP contribution in [0.25, 0.3) is 0 Å². The van der Waals surface area contributed by atoms with Crippen LogP contribution in [-0.2, 0) is 22.5 Å². The van der Waals surface area contributed by atoms with Crippen LogP contribution in [0, 0.1) is 11.3 Å². The van der Waals surface area contributed by atoms with Crippen molar-refractivity contribution < 1.29 is 32.3 Å². The van der Waals surface area contributed by atoms with E-state index < -0.39 is 19.0 Å². The minimum Gasteiger partial charge on any atom is -0.381 e. The standard InChI is InChI=1S/C23H24F3N7O4/c1-14(35)32(2)12-16-8-15-4-3-6-33(21(15)30-19(16)13-34)22(36)31-20-9-18(17(10-27)11-29-20)28-5-7-37-23(24,25)26/h8-9,11,13H,3-7,12H2,1-2H3,(H2,28,29,31,36). The highest BCUT2D eigenvalue weighted by Crippen LogP contribution is 2.28. The second-order valence-corrected chi connectivity index (χ2v) is 8.14. The van der Waals surface area contributed by atoms with Gasteiger partial charge in [0.25, 0.3) is 0 Å². The molecule has 0 aliphatic carbocycles. The summed E-state index contributed by atoms with van der Waals surface area (Å²) in [5.74, 6) is 0.175. The van der Waals surface area contributed by atoms with Gasteiger partial charge in [0.05, 0.1) is 17.9 Å². The van der Waals surface area contributed by atoms with Gasteiger partial charge in [-0.3, -0.25) is 24.5 Å². The highest BCUT2D eigenvalue weighted by Gasteiger charge is 2.29. The van der Waals surface area contributed by atoms with Crippen molar-refractivity contribution in [1.82, 2.24) is 14.9 Å². The predicted octanol–water partition coefficient (Wildman–Crippen LogP) is 3.07. The van der Waals surface area contributed by atoms with Gasteiger partial charge in [0.2, 0.25) is 5.91 Å². The largest absolute Gasteiger partial charge is 0.522 e. The molecule has 0 saturated carbocycles. The highest BCUT2D eigenvalue weighted by atomic mass is 19.4. The number of ether oxygens (including phenoxy) is 1. The number of rotatable bonds is 8. The van der Waals surface area contributed by atoms with E-state index in [1.165, 1.54) is 29.0 Å². The number of nitriles is 1. The Balaban J connectivity index is 1.78. The maximum Gasteiger partial charge on any atom is 0.522 e. The summed E-state index contributed by atoms with van der Waals surface area (Å²) in [6.45, 7) is 0.983. The molecule has 0 spiro atoms. The Kier molecular flexibility index (Phi) is 8.61. The summed E-state index contributed by atoms with van der Waals surface area (Å²) in [4.78, 5) is 47.6. The molecule has 0 bridgehead atoms. The van der Waals surface area contributed by atoms with Gasteiger partial charge in [0.1, 0.15) is 23.4 Å². The summed E-state index contributed by atoms with van der Waals surface area (Å²) in [5.41, 5.74) is 1.63. The van der Waals surface area contributed by atoms with E-state index in [9.17, 15) is 32.8 Å². The Hall–Kier alpha value is -4.25. The number of aldehydes is 1. The molecule has 3 rings (SSSR count). The maximum absolute atomic E-state index is 13.1. The van der Waals surface area contributed by atoms with Gasteiger partial charge in [-0.2, -0.15) is 5.26 Å². The Labute approximate surface area is 210 Å². The lowest BCUT2D eigenvalue weighted by Crippen LogP contribution is -2.40. The quantitative estimate of drug-likeness (QED) is 0.401. The number of halogens is 3. The van der Waals surface area contributed by atoms with Crippen LogP contribution >= 0.6 is 0 Å². The molecule has 2 aromatic heterocycles. The molecule has 0 radical (unpaired) electrons. The fourth-order valence-electron chi connectivity index (χ4n) is 3.64. The average Bonchev–Trinajstić information content (AvgIpc) is 2.85. The number of hydrogen-bond acceptors (Lipinski definition) is 8. The van der Waals surface area contributed by atoms with Gasteiger partial charge in [0.15, 0.2) is 6.29 Å². The minimum atomic E-state index is -4.77. The highest BCUT2D eigenvalue weighted by molar-refractivity contribution is 6.01. The third-order valence-corrected chi connectivity index (χ3v) is 5.52. The number of urea groups is 1. The number of nitrogens with zero attached hydrogens (tertiary/aromatic N) is 5. The summed E-state index contributed by atoms with van der Waals surface area (Å²) in [6, 6.07) is 4.35. The van der Waals surface area contributed by atoms with E-state index in [1.807, 2.05) is 6.07 Å². The third kappa shape index (κ3) is 7.14. The van der Waals surface area contributed by atoms with Crippen molar-refractivity contribution in [3.05, 3.63) is 40.7 Å². The van der Waals surface area contributed by atoms with Crippen molar-refractivity contribution in [2.24, 2.45) is 0 Å². The molecule has 11 nitrogen and oxygen atoms in total. The van der Waals surface area contributed by atoms with E-state index in [-0.39, 0.29) is 41.8 Å². The summed E-state index contributed by atoms with van der Waals surface area (Å²) >= 11 is 0. The van der Waals surface area contributed by atoms with Gasteiger partial charge in [0, 0.05) is 51.4 Å². The zero-order valence-corrected chi connectivity index (χ0v) is 20.1. The first kappa shape index (κ1) is 27.3. The number of carbonyl (C=O) groups excluding carboxylic acids is 3. The number of anilines is 3. The molecule has 2 N–H and O–H groups in total. The topological polar surface area (TPSA) is 141 Å². The molecule has 196 valence electrons. The average molecular weight is 519 g/mol. The molecular weight excluding hydrogens is 495 g/mol. The molecule has 0 saturated heterocycles. The zero-order valence-electron chi connectivity index (χ0n) is 20.1. The first-order valence-corrected chi connectivity index (χ1v) is 11.1. The second kappa shape index (κ2) is 11.7. The van der Waals surface area contributed by atoms with Crippen LogP contribution in [0.2, 0.25) is 0 Å². The molecule has 3 amide bonds. The molecule has 3 heterocycles. The Bertz CT molecular complexity index is 1230. The van der Waals surface area contributed by atoms with E-state index in [1.54, 1.807) is 13.1 Å². The lowest BCUT2D eigenvalue weighted by atomic mass is 10.0. The summed E-state index contributed by atoms with van der Waals surface area (Å²) in [7, 11) is 1.60. The van der Waals surface area contributed by atoms with E-state index in [0.29, 0.717) is 37.1 Å². The van der Waals surface area contributed by atoms with Crippen LogP contribution in [0.3, 0.4) is 0 Å². The van der Waals surface area contributed by atoms with Gasteiger partial charge in [-0.15, -0.1) is 13.2 Å². The van der Waals surface area contributed by atoms with Gasteiger partial charge in [-0.1, -0.05) is 0 Å². The first-order valence-electron chi connectivity index (χ1n) is 11.1. The molecule has 2 aromatic rings. The van der Waals surface area contributed by atoms with Crippen LogP contribution in [0.4, 0.5) is 35.3 Å². The van der Waals surface area contributed by atoms with Crippen molar-refractivity contribution in [2.45, 2.75) is 32.7 Å². The number of aryl methyl sites for hydroxylation is 1. The van der Waals surface area contributed by atoms with Gasteiger partial charge in [-0.25, -0.2) is 14.8 Å². The van der Waals surface area contributed by atoms with E-state index >= 15 is 0 Å². The minimum absolute atomic E-state index is 0.0469. The van der Waals surface area contributed by atoms with Gasteiger partial charge < -0.3 is 10.2 Å². The van der Waals surface area contributed by atoms with Crippen molar-refractivity contribution in [3.63, 3.8) is 0 Å². The first-order chi connectivity index (χ1) is 17.5. The molecule has 0 unspecified atom stereocenters. The molecule has 0 fully saturated rings. The normalized spacial score (nSPS) is 12.8. The molecule has 0 atom stereocenters. The number of amides is 3. The third-order valence-electron chi connectivity index (χ3n) is 5.52. The van der Waals surface area contributed by atoms with Crippen molar-refractivity contribution in [1.29, 1.82) is 5.26 Å². The van der Waals surface area contributed by atoms with Crippen LogP contribution < -0.4 is 15.5 Å². The molecule has 14 heteroatoms. The van der Waals surface area contributed by atoms with Gasteiger partial charge >= 0.3 is 12.4 Å². The Morgan fingerprint density at radius 2 is 2.11 bits per heavy atom. The number of carbonyl (C=O) groups is 3. The Morgan fingerprint density at radius 1 is 1.35 bits per heavy atom. The fourth-order valence-corrected chi connectivity index (χ4v) is 3.64. The van der Waals surface area contributed by atoms with Crippen molar-refractivity contribution in [2.75, 3.05) is 42.3 Å². The number of hydrogen-bond donors (Lipinski definition) is 2. The molecular formula is C23H24F3N7O4.